The van der Waals surface area contributed by atoms with Crippen LogP contribution >= 0.6 is 0 Å². The molecule has 0 aliphatic rings. The van der Waals surface area contributed by atoms with E-state index in [4.69, 9.17) is 5.73 Å². The van der Waals surface area contributed by atoms with Crippen LogP contribution in [0.3, 0.4) is 0 Å². The monoisotopic (exact) mass is 173 g/mol. The van der Waals surface area contributed by atoms with Gasteiger partial charge in [0.15, 0.2) is 0 Å². The molecule has 1 aromatic rings. The molecule has 0 aliphatic carbocycles. The minimum atomic E-state index is 0.777. The van der Waals surface area contributed by atoms with Crippen LogP contribution in [0.2, 0.25) is 0 Å². The highest BCUT2D eigenvalue weighted by Gasteiger charge is 1.79. The summed E-state index contributed by atoms with van der Waals surface area (Å²) in [7, 11) is 0. The molecular formula is C12H15N. The second-order valence-corrected chi connectivity index (χ2v) is 3.18. The molecule has 1 rings (SSSR count). The topological polar surface area (TPSA) is 26.0 Å². The predicted molar refractivity (Wildman–Crippen MR) is 58.0 cm³/mol. The summed E-state index contributed by atoms with van der Waals surface area (Å²) in [6.45, 7) is 4.12. The molecule has 0 amide bonds. The zero-order valence-electron chi connectivity index (χ0n) is 8.12. The largest absolute Gasteiger partial charge is 0.399 e. The van der Waals surface area contributed by atoms with E-state index < -0.39 is 0 Å². The maximum atomic E-state index is 5.71. The summed E-state index contributed by atoms with van der Waals surface area (Å²) in [5.74, 6) is 0. The Morgan fingerprint density at radius 1 is 0.769 bits per heavy atom. The summed E-state index contributed by atoms with van der Waals surface area (Å²) in [6.07, 6.45) is 0. The van der Waals surface area contributed by atoms with Crippen LogP contribution < -0.4 is 5.73 Å². The Balaban J connectivity index is 3.31. The number of nitrogen functional groups attached to an aromatic ring is 1. The number of hydrogen-bond acceptors (Lipinski definition) is 1. The molecular weight excluding hydrogens is 158 g/mol. The van der Waals surface area contributed by atoms with E-state index in [1.807, 2.05) is 30.3 Å². The zero-order valence-corrected chi connectivity index (χ0v) is 8.12. The van der Waals surface area contributed by atoms with Crippen LogP contribution in [0.25, 0.3) is 0 Å². The lowest BCUT2D eigenvalue weighted by atomic mass is 10.2. The third-order valence-electron chi connectivity index (χ3n) is 1.80. The fourth-order valence-corrected chi connectivity index (χ4v) is 0.968. The van der Waals surface area contributed by atoms with Gasteiger partial charge < -0.3 is 5.73 Å². The van der Waals surface area contributed by atoms with Crippen molar-refractivity contribution in [3.63, 3.8) is 0 Å². The Bertz CT molecular complexity index is 310. The first-order valence-corrected chi connectivity index (χ1v) is 4.35. The highest BCUT2D eigenvalue weighted by molar-refractivity contribution is 5.35. The molecule has 1 heteroatoms. The number of hydrogen-bond donors (Lipinski definition) is 1. The van der Waals surface area contributed by atoms with Crippen molar-refractivity contribution in [1.82, 2.24) is 0 Å². The van der Waals surface area contributed by atoms with Gasteiger partial charge in [0.05, 0.1) is 0 Å². The third kappa shape index (κ3) is 3.61. The number of nitrogens with two attached hydrogens (primary N) is 1. The number of anilines is 1. The maximum Gasteiger partial charge on any atom is 0.0314 e. The molecule has 1 aromatic carbocycles. The van der Waals surface area contributed by atoms with Crippen molar-refractivity contribution in [3.05, 3.63) is 53.6 Å². The van der Waals surface area contributed by atoms with Crippen molar-refractivity contribution in [1.29, 1.82) is 0 Å². The smallest absolute Gasteiger partial charge is 0.0314 e. The molecule has 0 atom stereocenters. The van der Waals surface area contributed by atoms with Gasteiger partial charge in [-0.3, -0.25) is 0 Å². The van der Waals surface area contributed by atoms with Gasteiger partial charge >= 0.3 is 0 Å². The molecule has 0 spiro atoms. The quantitative estimate of drug-likeness (QED) is 0.641. The Kier molecular flexibility index (Phi) is 3.32. The van der Waals surface area contributed by atoms with Gasteiger partial charge in [0.25, 0.3) is 0 Å². The number of aryl methyl sites for hydroxylation is 2. The van der Waals surface area contributed by atoms with Gasteiger partial charge in [-0.15, -0.1) is 0 Å². The van der Waals surface area contributed by atoms with Crippen LogP contribution in [0.15, 0.2) is 42.5 Å². The van der Waals surface area contributed by atoms with Gasteiger partial charge in [-0.1, -0.05) is 41.5 Å². The van der Waals surface area contributed by atoms with E-state index in [0.717, 1.165) is 5.69 Å². The fraction of sp³-hybridized carbons (Fsp3) is 0.167. The van der Waals surface area contributed by atoms with Gasteiger partial charge in [-0.2, -0.15) is 0 Å². The Morgan fingerprint density at radius 3 is 2.00 bits per heavy atom. The summed E-state index contributed by atoms with van der Waals surface area (Å²) >= 11 is 0. The first-order chi connectivity index (χ1) is 6.18. The van der Waals surface area contributed by atoms with Crippen molar-refractivity contribution in [3.8, 4) is 0 Å². The maximum absolute atomic E-state index is 5.71. The third-order valence-corrected chi connectivity index (χ3v) is 1.80. The molecule has 0 saturated heterocycles. The standard InChI is InChI=1S/C12H15N/c1-10-4-3-5-12(13)9-8-11(2)7-6-10/h3-9H,13H2,1-2H3. The first-order valence-electron chi connectivity index (χ1n) is 4.35. The molecule has 0 radical (unpaired) electrons. The highest BCUT2D eigenvalue weighted by Crippen LogP contribution is 2.00. The summed E-state index contributed by atoms with van der Waals surface area (Å²) in [5.41, 5.74) is 8.91. The molecule has 2 N–H and O–H groups in total. The molecule has 13 heavy (non-hydrogen) atoms. The molecule has 0 unspecified atom stereocenters. The van der Waals surface area contributed by atoms with Crippen molar-refractivity contribution in [2.75, 3.05) is 5.73 Å². The Labute approximate surface area is 79.5 Å². The van der Waals surface area contributed by atoms with Gasteiger partial charge in [-0.05, 0) is 26.0 Å². The van der Waals surface area contributed by atoms with Crippen LogP contribution in [0, 0.1) is 13.8 Å². The summed E-state index contributed by atoms with van der Waals surface area (Å²) in [6, 6.07) is 14.0. The molecule has 68 valence electrons. The van der Waals surface area contributed by atoms with Crippen LogP contribution in [0.5, 0.6) is 0 Å². The second kappa shape index (κ2) is 4.51. The van der Waals surface area contributed by atoms with Crippen molar-refractivity contribution in [2.24, 2.45) is 0 Å². The molecule has 0 heterocycles. The van der Waals surface area contributed by atoms with Crippen LogP contribution in [0.4, 0.5) is 5.69 Å². The van der Waals surface area contributed by atoms with E-state index in [-0.39, 0.29) is 0 Å². The molecule has 0 saturated carbocycles. The predicted octanol–water partition coefficient (Wildman–Crippen LogP) is 3.01. The highest BCUT2D eigenvalue weighted by atomic mass is 14.5. The lowest BCUT2D eigenvalue weighted by Gasteiger charge is -1.88. The average molecular weight is 173 g/mol. The van der Waals surface area contributed by atoms with Crippen molar-refractivity contribution < 1.29 is 0 Å². The summed E-state index contributed by atoms with van der Waals surface area (Å²) < 4.78 is 0. The van der Waals surface area contributed by atoms with E-state index in [9.17, 15) is 0 Å². The summed E-state index contributed by atoms with van der Waals surface area (Å²) in [5, 5.41) is 0. The molecule has 0 aromatic heterocycles. The van der Waals surface area contributed by atoms with E-state index in [2.05, 4.69) is 26.0 Å². The van der Waals surface area contributed by atoms with Gasteiger partial charge in [-0.25, -0.2) is 0 Å². The van der Waals surface area contributed by atoms with Crippen LogP contribution in [-0.4, -0.2) is 0 Å². The lowest BCUT2D eigenvalue weighted by molar-refractivity contribution is 1.44. The molecule has 0 fully saturated rings. The lowest BCUT2D eigenvalue weighted by Crippen LogP contribution is -1.79. The van der Waals surface area contributed by atoms with Gasteiger partial charge in [0, 0.05) is 5.69 Å². The first kappa shape index (κ1) is 9.59. The molecule has 1 nitrogen and oxygen atoms in total. The van der Waals surface area contributed by atoms with Gasteiger partial charge in [0.1, 0.15) is 0 Å². The number of rotatable bonds is 0. The van der Waals surface area contributed by atoms with E-state index in [1.165, 1.54) is 11.1 Å². The second-order valence-electron chi connectivity index (χ2n) is 3.18. The Morgan fingerprint density at radius 2 is 1.31 bits per heavy atom. The van der Waals surface area contributed by atoms with E-state index >= 15 is 0 Å². The van der Waals surface area contributed by atoms with E-state index in [0.29, 0.717) is 0 Å². The van der Waals surface area contributed by atoms with Crippen LogP contribution in [-0.2, 0) is 0 Å². The molecule has 0 aliphatic heterocycles. The zero-order chi connectivity index (χ0) is 9.68. The minimum Gasteiger partial charge on any atom is -0.399 e. The fourth-order valence-electron chi connectivity index (χ4n) is 0.968. The Hall–Kier alpha value is -1.50. The van der Waals surface area contributed by atoms with E-state index in [1.54, 1.807) is 0 Å². The SMILES string of the molecule is Cc1cccc(N)ccc(C)cc1. The van der Waals surface area contributed by atoms with Gasteiger partial charge in [0.2, 0.25) is 0 Å². The van der Waals surface area contributed by atoms with Crippen LogP contribution in [0.1, 0.15) is 11.1 Å². The molecule has 0 bridgehead atoms. The average Bonchev–Trinajstić information content (AvgIpc) is 2.10. The normalized spacial score (nSPS) is 9.08. The van der Waals surface area contributed by atoms with Crippen molar-refractivity contribution in [2.45, 2.75) is 13.8 Å². The summed E-state index contributed by atoms with van der Waals surface area (Å²) in [4.78, 5) is 0. The van der Waals surface area contributed by atoms with Crippen molar-refractivity contribution >= 4 is 5.69 Å². The minimum absolute atomic E-state index is 0.777.